The maximum Gasteiger partial charge on any atom is 0.113 e. The van der Waals surface area contributed by atoms with E-state index in [1.54, 1.807) is 13.4 Å². The second-order valence-corrected chi connectivity index (χ2v) is 3.36. The molecule has 2 rings (SSSR count). The third-order valence-corrected chi connectivity index (χ3v) is 2.41. The summed E-state index contributed by atoms with van der Waals surface area (Å²) < 4.78 is 1.99. The van der Waals surface area contributed by atoms with Crippen LogP contribution in [0.25, 0.3) is 11.0 Å². The number of imidazole rings is 1. The molecule has 0 aliphatic carbocycles. The van der Waals surface area contributed by atoms with Crippen LogP contribution in [0.2, 0.25) is 0 Å². The first-order valence-corrected chi connectivity index (χ1v) is 4.82. The molecule has 0 aliphatic heterocycles. The lowest BCUT2D eigenvalue weighted by Crippen LogP contribution is -2.28. The first-order chi connectivity index (χ1) is 7.35. The topological polar surface area (TPSA) is 53.6 Å². The molecular formula is C11H12N4. The molecule has 1 N–H and O–H groups in total. The van der Waals surface area contributed by atoms with Crippen LogP contribution in [0.5, 0.6) is 0 Å². The van der Waals surface area contributed by atoms with E-state index in [-0.39, 0.29) is 6.04 Å². The van der Waals surface area contributed by atoms with E-state index in [1.807, 2.05) is 28.8 Å². The number of nitrogens with zero attached hydrogens (tertiary/aromatic N) is 3. The number of fused-ring (bicyclic) bond motifs is 1. The molecular weight excluding hydrogens is 188 g/mol. The number of rotatable bonds is 3. The molecule has 0 saturated carbocycles. The van der Waals surface area contributed by atoms with E-state index in [4.69, 9.17) is 5.26 Å². The average molecular weight is 200 g/mol. The molecule has 0 fully saturated rings. The number of hydrogen-bond acceptors (Lipinski definition) is 3. The van der Waals surface area contributed by atoms with E-state index in [9.17, 15) is 0 Å². The molecule has 0 amide bonds. The van der Waals surface area contributed by atoms with Crippen molar-refractivity contribution in [1.29, 1.82) is 5.26 Å². The van der Waals surface area contributed by atoms with Gasteiger partial charge in [0.2, 0.25) is 0 Å². The van der Waals surface area contributed by atoms with Crippen molar-refractivity contribution in [2.24, 2.45) is 0 Å². The van der Waals surface area contributed by atoms with Crippen LogP contribution in [-0.2, 0) is 6.54 Å². The Hall–Kier alpha value is -1.86. The Morgan fingerprint density at radius 3 is 3.07 bits per heavy atom. The van der Waals surface area contributed by atoms with Crippen LogP contribution in [0.4, 0.5) is 0 Å². The fourth-order valence-corrected chi connectivity index (χ4v) is 1.55. The Kier molecular flexibility index (Phi) is 2.66. The van der Waals surface area contributed by atoms with E-state index in [2.05, 4.69) is 16.4 Å². The molecule has 1 unspecified atom stereocenters. The van der Waals surface area contributed by atoms with Gasteiger partial charge in [0, 0.05) is 0 Å². The lowest BCUT2D eigenvalue weighted by Gasteiger charge is -2.08. The molecule has 0 saturated heterocycles. The van der Waals surface area contributed by atoms with Crippen molar-refractivity contribution >= 4 is 11.0 Å². The summed E-state index contributed by atoms with van der Waals surface area (Å²) in [5.74, 6) is 0. The van der Waals surface area contributed by atoms with Gasteiger partial charge in [0.25, 0.3) is 0 Å². The minimum atomic E-state index is -0.178. The summed E-state index contributed by atoms with van der Waals surface area (Å²) in [5.41, 5.74) is 2.03. The van der Waals surface area contributed by atoms with Gasteiger partial charge in [-0.1, -0.05) is 12.1 Å². The van der Waals surface area contributed by atoms with Crippen LogP contribution < -0.4 is 5.32 Å². The number of nitrogens with one attached hydrogen (secondary N) is 1. The molecule has 4 nitrogen and oxygen atoms in total. The van der Waals surface area contributed by atoms with E-state index >= 15 is 0 Å². The van der Waals surface area contributed by atoms with Crippen LogP contribution in [-0.4, -0.2) is 22.6 Å². The highest BCUT2D eigenvalue weighted by Crippen LogP contribution is 2.11. The highest BCUT2D eigenvalue weighted by Gasteiger charge is 2.07. The summed E-state index contributed by atoms with van der Waals surface area (Å²) in [4.78, 5) is 4.27. The van der Waals surface area contributed by atoms with Crippen molar-refractivity contribution in [3.63, 3.8) is 0 Å². The molecule has 0 spiro atoms. The van der Waals surface area contributed by atoms with Crippen molar-refractivity contribution in [3.05, 3.63) is 30.6 Å². The first kappa shape index (κ1) is 9.69. The van der Waals surface area contributed by atoms with Gasteiger partial charge in [0.15, 0.2) is 0 Å². The SMILES string of the molecule is CNC(C#N)Cn1cnc2ccccc21. The molecule has 15 heavy (non-hydrogen) atoms. The fourth-order valence-electron chi connectivity index (χ4n) is 1.55. The smallest absolute Gasteiger partial charge is 0.113 e. The lowest BCUT2D eigenvalue weighted by atomic mass is 10.3. The molecule has 1 atom stereocenters. The maximum atomic E-state index is 8.85. The van der Waals surface area contributed by atoms with E-state index < -0.39 is 0 Å². The van der Waals surface area contributed by atoms with Gasteiger partial charge in [-0.2, -0.15) is 5.26 Å². The summed E-state index contributed by atoms with van der Waals surface area (Å²) in [5, 5.41) is 11.8. The Bertz CT molecular complexity index is 495. The summed E-state index contributed by atoms with van der Waals surface area (Å²) in [6.07, 6.45) is 1.77. The Morgan fingerprint density at radius 1 is 1.53 bits per heavy atom. The standard InChI is InChI=1S/C11H12N4/c1-13-9(6-12)7-15-8-14-10-4-2-3-5-11(10)15/h2-5,8-9,13H,7H2,1H3. The number of likely N-dealkylation sites (N-methyl/N-ethyl adjacent to an activating group) is 1. The highest BCUT2D eigenvalue weighted by molar-refractivity contribution is 5.74. The second-order valence-electron chi connectivity index (χ2n) is 3.36. The van der Waals surface area contributed by atoms with Crippen molar-refractivity contribution in [3.8, 4) is 6.07 Å². The Labute approximate surface area is 88.2 Å². The minimum absolute atomic E-state index is 0.178. The summed E-state index contributed by atoms with van der Waals surface area (Å²) >= 11 is 0. The molecule has 1 aromatic heterocycles. The summed E-state index contributed by atoms with van der Waals surface area (Å²) in [6, 6.07) is 9.92. The maximum absolute atomic E-state index is 8.85. The van der Waals surface area contributed by atoms with Gasteiger partial charge < -0.3 is 9.88 Å². The average Bonchev–Trinajstić information content (AvgIpc) is 2.69. The number of aromatic nitrogens is 2. The monoisotopic (exact) mass is 200 g/mol. The Balaban J connectivity index is 2.33. The first-order valence-electron chi connectivity index (χ1n) is 4.82. The highest BCUT2D eigenvalue weighted by atomic mass is 15.1. The van der Waals surface area contributed by atoms with Crippen molar-refractivity contribution < 1.29 is 0 Å². The lowest BCUT2D eigenvalue weighted by molar-refractivity contribution is 0.574. The second kappa shape index (κ2) is 4.11. The summed E-state index contributed by atoms with van der Waals surface area (Å²) in [7, 11) is 1.78. The zero-order valence-electron chi connectivity index (χ0n) is 8.51. The predicted molar refractivity (Wildman–Crippen MR) is 58.2 cm³/mol. The number of nitriles is 1. The number of para-hydroxylation sites is 2. The van der Waals surface area contributed by atoms with E-state index in [1.165, 1.54) is 0 Å². The molecule has 0 radical (unpaired) electrons. The third kappa shape index (κ3) is 1.83. The van der Waals surface area contributed by atoms with E-state index in [0.717, 1.165) is 11.0 Å². The largest absolute Gasteiger partial charge is 0.328 e. The quantitative estimate of drug-likeness (QED) is 0.808. The molecule has 1 aromatic carbocycles. The molecule has 4 heteroatoms. The molecule has 1 heterocycles. The van der Waals surface area contributed by atoms with Crippen LogP contribution in [0, 0.1) is 11.3 Å². The molecule has 76 valence electrons. The predicted octanol–water partition coefficient (Wildman–Crippen LogP) is 1.15. The van der Waals surface area contributed by atoms with Crippen LogP contribution >= 0.6 is 0 Å². The van der Waals surface area contributed by atoms with Crippen molar-refractivity contribution in [2.45, 2.75) is 12.6 Å². The van der Waals surface area contributed by atoms with Crippen molar-refractivity contribution in [1.82, 2.24) is 14.9 Å². The van der Waals surface area contributed by atoms with Gasteiger partial charge in [0.1, 0.15) is 6.04 Å². The van der Waals surface area contributed by atoms with Crippen LogP contribution in [0.15, 0.2) is 30.6 Å². The minimum Gasteiger partial charge on any atom is -0.328 e. The third-order valence-electron chi connectivity index (χ3n) is 2.41. The van der Waals surface area contributed by atoms with Crippen LogP contribution in [0.3, 0.4) is 0 Å². The van der Waals surface area contributed by atoms with Gasteiger partial charge in [-0.05, 0) is 19.2 Å². The zero-order valence-corrected chi connectivity index (χ0v) is 8.51. The summed E-state index contributed by atoms with van der Waals surface area (Å²) in [6.45, 7) is 0.619. The van der Waals surface area contributed by atoms with Gasteiger partial charge in [-0.25, -0.2) is 4.98 Å². The fraction of sp³-hybridized carbons (Fsp3) is 0.273. The van der Waals surface area contributed by atoms with Crippen molar-refractivity contribution in [2.75, 3.05) is 7.05 Å². The zero-order chi connectivity index (χ0) is 10.7. The van der Waals surface area contributed by atoms with Gasteiger partial charge in [0.05, 0.1) is 30.0 Å². The normalized spacial score (nSPS) is 12.5. The molecule has 0 aliphatic rings. The van der Waals surface area contributed by atoms with Gasteiger partial charge in [-0.3, -0.25) is 0 Å². The van der Waals surface area contributed by atoms with Gasteiger partial charge in [-0.15, -0.1) is 0 Å². The molecule has 0 bridgehead atoms. The van der Waals surface area contributed by atoms with Gasteiger partial charge >= 0.3 is 0 Å². The number of benzene rings is 1. The number of hydrogen-bond donors (Lipinski definition) is 1. The van der Waals surface area contributed by atoms with Crippen LogP contribution in [0.1, 0.15) is 0 Å². The van der Waals surface area contributed by atoms with E-state index in [0.29, 0.717) is 6.54 Å². The molecule has 2 aromatic rings. The Morgan fingerprint density at radius 2 is 2.33 bits per heavy atom.